The number of fused-ring (bicyclic) bond motifs is 2. The van der Waals surface area contributed by atoms with E-state index in [0.29, 0.717) is 17.1 Å². The molecule has 1 aliphatic heterocycles. The van der Waals surface area contributed by atoms with Crippen molar-refractivity contribution in [1.29, 1.82) is 0 Å². The summed E-state index contributed by atoms with van der Waals surface area (Å²) < 4.78 is 10.9. The van der Waals surface area contributed by atoms with Crippen molar-refractivity contribution in [3.8, 4) is 22.1 Å². The van der Waals surface area contributed by atoms with E-state index >= 15 is 0 Å². The SMILES string of the molecule is COc1cc2c(cc1OC)/C(=C/C(=O)c1cc(-c3cccs3)nc3ccccc13)NCC2. The number of para-hydroxylation sites is 1. The molecule has 0 saturated heterocycles. The van der Waals surface area contributed by atoms with E-state index in [1.807, 2.05) is 60.0 Å². The number of pyridine rings is 1. The average molecular weight is 443 g/mol. The number of hydrogen-bond acceptors (Lipinski definition) is 6. The Bertz CT molecular complexity index is 1340. The number of carbonyl (C=O) groups is 1. The molecular weight excluding hydrogens is 420 g/mol. The van der Waals surface area contributed by atoms with Gasteiger partial charge in [0.2, 0.25) is 0 Å². The summed E-state index contributed by atoms with van der Waals surface area (Å²) >= 11 is 1.61. The van der Waals surface area contributed by atoms with Crippen molar-refractivity contribution in [1.82, 2.24) is 10.3 Å². The topological polar surface area (TPSA) is 60.5 Å². The van der Waals surface area contributed by atoms with Crippen LogP contribution in [-0.2, 0) is 6.42 Å². The summed E-state index contributed by atoms with van der Waals surface area (Å²) in [5.74, 6) is 1.27. The van der Waals surface area contributed by atoms with Crippen LogP contribution >= 0.6 is 11.3 Å². The van der Waals surface area contributed by atoms with Gasteiger partial charge >= 0.3 is 0 Å². The fourth-order valence-corrected chi connectivity index (χ4v) is 4.76. The minimum absolute atomic E-state index is 0.0634. The van der Waals surface area contributed by atoms with Crippen LogP contribution in [0.15, 0.2) is 66.1 Å². The first-order valence-electron chi connectivity index (χ1n) is 10.4. The van der Waals surface area contributed by atoms with Gasteiger partial charge in [-0.3, -0.25) is 4.79 Å². The zero-order valence-electron chi connectivity index (χ0n) is 17.8. The van der Waals surface area contributed by atoms with E-state index in [9.17, 15) is 4.79 Å². The first-order valence-corrected chi connectivity index (χ1v) is 11.2. The number of hydrogen-bond donors (Lipinski definition) is 1. The van der Waals surface area contributed by atoms with Gasteiger partial charge < -0.3 is 14.8 Å². The van der Waals surface area contributed by atoms with Crippen LogP contribution in [0.1, 0.15) is 21.5 Å². The highest BCUT2D eigenvalue weighted by Gasteiger charge is 2.20. The maximum Gasteiger partial charge on any atom is 0.188 e. The fraction of sp³-hybridized carbons (Fsp3) is 0.154. The molecule has 0 amide bonds. The number of nitrogens with one attached hydrogen (secondary N) is 1. The predicted octanol–water partition coefficient (Wildman–Crippen LogP) is 5.35. The lowest BCUT2D eigenvalue weighted by molar-refractivity contribution is 0.104. The van der Waals surface area contributed by atoms with Crippen LogP contribution in [0.5, 0.6) is 11.5 Å². The number of thiophene rings is 1. The first-order chi connectivity index (χ1) is 15.7. The van der Waals surface area contributed by atoms with E-state index in [4.69, 9.17) is 14.5 Å². The third-order valence-electron chi connectivity index (χ3n) is 5.64. The van der Waals surface area contributed by atoms with Crippen molar-refractivity contribution < 1.29 is 14.3 Å². The molecule has 32 heavy (non-hydrogen) atoms. The average Bonchev–Trinajstić information content (AvgIpc) is 3.37. The lowest BCUT2D eigenvalue weighted by atomic mass is 9.95. The Balaban J connectivity index is 1.62. The highest BCUT2D eigenvalue weighted by Crippen LogP contribution is 2.35. The second-order valence-corrected chi connectivity index (χ2v) is 8.46. The maximum absolute atomic E-state index is 13.5. The molecule has 0 bridgehead atoms. The monoisotopic (exact) mass is 442 g/mol. The third kappa shape index (κ3) is 3.63. The first kappa shape index (κ1) is 20.3. The lowest BCUT2D eigenvalue weighted by Gasteiger charge is -2.23. The summed E-state index contributed by atoms with van der Waals surface area (Å²) in [6.07, 6.45) is 2.53. The molecule has 0 saturated carbocycles. The molecule has 160 valence electrons. The molecule has 0 radical (unpaired) electrons. The third-order valence-corrected chi connectivity index (χ3v) is 6.53. The molecule has 6 heteroatoms. The molecule has 0 aliphatic carbocycles. The van der Waals surface area contributed by atoms with E-state index in [0.717, 1.165) is 51.3 Å². The molecule has 0 atom stereocenters. The molecule has 5 rings (SSSR count). The molecule has 1 N–H and O–H groups in total. The number of methoxy groups -OCH3 is 2. The highest BCUT2D eigenvalue weighted by molar-refractivity contribution is 7.13. The summed E-state index contributed by atoms with van der Waals surface area (Å²) in [6, 6.07) is 17.6. The van der Waals surface area contributed by atoms with Crippen molar-refractivity contribution in [2.75, 3.05) is 20.8 Å². The quantitative estimate of drug-likeness (QED) is 0.333. The molecule has 2 aromatic heterocycles. The van der Waals surface area contributed by atoms with Crippen molar-refractivity contribution >= 4 is 33.7 Å². The van der Waals surface area contributed by atoms with Crippen molar-refractivity contribution in [3.05, 3.63) is 82.7 Å². The number of ether oxygens (including phenoxy) is 2. The van der Waals surface area contributed by atoms with Crippen molar-refractivity contribution in [3.63, 3.8) is 0 Å². The second kappa shape index (κ2) is 8.48. The van der Waals surface area contributed by atoms with Gasteiger partial charge in [-0.25, -0.2) is 4.98 Å². The molecule has 0 fully saturated rings. The smallest absolute Gasteiger partial charge is 0.188 e. The van der Waals surface area contributed by atoms with Crippen LogP contribution in [0.25, 0.3) is 27.2 Å². The zero-order chi connectivity index (χ0) is 22.1. The van der Waals surface area contributed by atoms with Crippen LogP contribution < -0.4 is 14.8 Å². The van der Waals surface area contributed by atoms with Gasteiger partial charge in [0.15, 0.2) is 17.3 Å². The zero-order valence-corrected chi connectivity index (χ0v) is 18.7. The van der Waals surface area contributed by atoms with Crippen LogP contribution in [0, 0.1) is 0 Å². The Morgan fingerprint density at radius 2 is 1.88 bits per heavy atom. The summed E-state index contributed by atoms with van der Waals surface area (Å²) in [4.78, 5) is 19.4. The van der Waals surface area contributed by atoms with Crippen molar-refractivity contribution in [2.24, 2.45) is 0 Å². The molecular formula is C26H22N2O3S. The Morgan fingerprint density at radius 1 is 1.06 bits per heavy atom. The van der Waals surface area contributed by atoms with Gasteiger partial charge in [0.25, 0.3) is 0 Å². The van der Waals surface area contributed by atoms with E-state index in [2.05, 4.69) is 5.32 Å². The van der Waals surface area contributed by atoms with Gasteiger partial charge in [0, 0.05) is 34.8 Å². The van der Waals surface area contributed by atoms with Gasteiger partial charge in [-0.2, -0.15) is 0 Å². The van der Waals surface area contributed by atoms with E-state index in [-0.39, 0.29) is 5.78 Å². The van der Waals surface area contributed by atoms with Crippen LogP contribution in [0.2, 0.25) is 0 Å². The summed E-state index contributed by atoms with van der Waals surface area (Å²) in [5, 5.41) is 6.24. The Kier molecular flexibility index (Phi) is 5.37. The number of nitrogens with zero attached hydrogens (tertiary/aromatic N) is 1. The second-order valence-electron chi connectivity index (χ2n) is 7.51. The summed E-state index contributed by atoms with van der Waals surface area (Å²) in [6.45, 7) is 0.749. The number of aromatic nitrogens is 1. The Hall–Kier alpha value is -3.64. The van der Waals surface area contributed by atoms with Gasteiger partial charge in [-0.05, 0) is 47.7 Å². The highest BCUT2D eigenvalue weighted by atomic mass is 32.1. The molecule has 0 unspecified atom stereocenters. The largest absolute Gasteiger partial charge is 0.493 e. The molecule has 2 aromatic carbocycles. The van der Waals surface area contributed by atoms with E-state index < -0.39 is 0 Å². The molecule has 3 heterocycles. The van der Waals surface area contributed by atoms with Gasteiger partial charge in [0.1, 0.15) is 0 Å². The van der Waals surface area contributed by atoms with Crippen molar-refractivity contribution in [2.45, 2.75) is 6.42 Å². The lowest BCUT2D eigenvalue weighted by Crippen LogP contribution is -2.23. The normalized spacial score (nSPS) is 14.1. The number of allylic oxidation sites excluding steroid dienone is 1. The van der Waals surface area contributed by atoms with Gasteiger partial charge in [-0.1, -0.05) is 24.3 Å². The molecule has 4 aromatic rings. The molecule has 1 aliphatic rings. The molecule has 5 nitrogen and oxygen atoms in total. The standard InChI is InChI=1S/C26H22N2O3S/c1-30-24-12-16-9-10-27-21(18(16)14-25(24)31-2)15-23(29)19-13-22(26-8-5-11-32-26)28-20-7-4-3-6-17(19)20/h3-8,11-15,27H,9-10H2,1-2H3/b21-15-. The number of carbonyl (C=O) groups excluding carboxylic acids is 1. The fourth-order valence-electron chi connectivity index (χ4n) is 4.07. The van der Waals surface area contributed by atoms with Crippen LogP contribution in [0.3, 0.4) is 0 Å². The predicted molar refractivity (Wildman–Crippen MR) is 129 cm³/mol. The van der Waals surface area contributed by atoms with Crippen LogP contribution in [-0.4, -0.2) is 31.5 Å². The minimum Gasteiger partial charge on any atom is -0.493 e. The number of ketones is 1. The Morgan fingerprint density at radius 3 is 2.66 bits per heavy atom. The van der Waals surface area contributed by atoms with E-state index in [1.165, 1.54) is 0 Å². The Labute approximate surface area is 190 Å². The summed E-state index contributed by atoms with van der Waals surface area (Å²) in [5.41, 5.74) is 5.13. The maximum atomic E-state index is 13.5. The minimum atomic E-state index is -0.0634. The molecule has 0 spiro atoms. The number of benzene rings is 2. The summed E-state index contributed by atoms with van der Waals surface area (Å²) in [7, 11) is 3.25. The van der Waals surface area contributed by atoms with Gasteiger partial charge in [-0.15, -0.1) is 11.3 Å². The number of rotatable bonds is 5. The van der Waals surface area contributed by atoms with Gasteiger partial charge in [0.05, 0.1) is 30.3 Å². The van der Waals surface area contributed by atoms with Crippen LogP contribution in [0.4, 0.5) is 0 Å². The van der Waals surface area contributed by atoms with E-state index in [1.54, 1.807) is 31.6 Å².